The third-order valence-corrected chi connectivity index (χ3v) is 6.99. The van der Waals surface area contributed by atoms with Crippen LogP contribution in [0.1, 0.15) is 52.9 Å². The Hall–Kier alpha value is -3.38. The molecule has 12 heteroatoms. The summed E-state index contributed by atoms with van der Waals surface area (Å²) < 4.78 is 30.1. The minimum atomic E-state index is -2.35. The van der Waals surface area contributed by atoms with Crippen molar-refractivity contribution in [2.24, 2.45) is 5.10 Å². The highest BCUT2D eigenvalue weighted by Crippen LogP contribution is 2.46. The largest absolute Gasteiger partial charge is 0.768 e. The van der Waals surface area contributed by atoms with E-state index in [-0.39, 0.29) is 10.9 Å². The Morgan fingerprint density at radius 3 is 2.60 bits per heavy atom. The Balaban J connectivity index is 1.63. The molecular formula is C23H26N7O4S-. The van der Waals surface area contributed by atoms with Gasteiger partial charge in [0, 0.05) is 35.6 Å². The van der Waals surface area contributed by atoms with Gasteiger partial charge in [0.05, 0.1) is 0 Å². The lowest BCUT2D eigenvalue weighted by molar-refractivity contribution is -0.133. The van der Waals surface area contributed by atoms with Gasteiger partial charge in [-0.15, -0.1) is 5.10 Å². The van der Waals surface area contributed by atoms with E-state index >= 15 is 0 Å². The fourth-order valence-electron chi connectivity index (χ4n) is 4.84. The maximum atomic E-state index is 12.0. The topological polar surface area (TPSA) is 138 Å². The van der Waals surface area contributed by atoms with Gasteiger partial charge in [0.15, 0.2) is 0 Å². The zero-order valence-electron chi connectivity index (χ0n) is 19.7. The van der Waals surface area contributed by atoms with Crippen molar-refractivity contribution in [3.8, 4) is 0 Å². The third-order valence-electron chi connectivity index (χ3n) is 6.36. The van der Waals surface area contributed by atoms with Gasteiger partial charge in [0.25, 0.3) is 0 Å². The molecule has 1 unspecified atom stereocenters. The van der Waals surface area contributed by atoms with E-state index in [4.69, 9.17) is 14.8 Å². The molecule has 5 rings (SSSR count). The van der Waals surface area contributed by atoms with Crippen molar-refractivity contribution in [2.45, 2.75) is 69.4 Å². The first kappa shape index (κ1) is 23.4. The Kier molecular flexibility index (Phi) is 6.01. The second-order valence-electron chi connectivity index (χ2n) is 9.08. The molecule has 4 heterocycles. The Labute approximate surface area is 204 Å². The van der Waals surface area contributed by atoms with E-state index in [1.54, 1.807) is 12.3 Å². The van der Waals surface area contributed by atoms with Crippen molar-refractivity contribution in [2.75, 3.05) is 10.3 Å². The van der Waals surface area contributed by atoms with Crippen molar-refractivity contribution in [3.63, 3.8) is 0 Å². The monoisotopic (exact) mass is 496 g/mol. The summed E-state index contributed by atoms with van der Waals surface area (Å²) in [6.07, 6.45) is 7.63. The van der Waals surface area contributed by atoms with Gasteiger partial charge in [-0.25, -0.2) is 15.0 Å². The van der Waals surface area contributed by atoms with Gasteiger partial charge in [0.2, 0.25) is 11.8 Å². The molecule has 0 radical (unpaired) electrons. The molecule has 0 aromatic carbocycles. The molecule has 3 aromatic heterocycles. The summed E-state index contributed by atoms with van der Waals surface area (Å²) in [5.41, 5.74) is 0.0812. The van der Waals surface area contributed by atoms with Crippen LogP contribution < -0.4 is 10.3 Å². The molecule has 1 fully saturated rings. The maximum Gasteiger partial charge on any atom is 0.309 e. The van der Waals surface area contributed by atoms with E-state index in [1.807, 2.05) is 24.9 Å². The van der Waals surface area contributed by atoms with E-state index in [9.17, 15) is 13.6 Å². The highest BCUT2D eigenvalue weighted by atomic mass is 32.2. The predicted octanol–water partition coefficient (Wildman–Crippen LogP) is 3.57. The molecule has 1 saturated carbocycles. The summed E-state index contributed by atoms with van der Waals surface area (Å²) in [7, 11) is 0. The Bertz CT molecular complexity index is 1330. The van der Waals surface area contributed by atoms with E-state index in [1.165, 1.54) is 19.2 Å². The number of aromatic nitrogens is 4. The minimum Gasteiger partial charge on any atom is -0.768 e. The number of nitrogens with one attached hydrogen (secondary N) is 1. The standard InChI is InChI=1S/C23H27N7O4S/c1-14(2)30-19-11-16-12-25-22(26-18-8-7-17(13-24-18)35(32)33)27-20(16)29(19)23(9-5-4-6-10-23)21(28-30)34-15(3)31/h7-8,11-14H,4-6,9-10H2,1-3H3,(H,32,33)(H,24,25,26,27)/p-1. The number of esters is 1. The molecule has 1 atom stereocenters. The summed E-state index contributed by atoms with van der Waals surface area (Å²) in [5.74, 6) is 1.62. The van der Waals surface area contributed by atoms with E-state index in [2.05, 4.69) is 19.9 Å². The molecule has 0 saturated heterocycles. The quantitative estimate of drug-likeness (QED) is 0.424. The smallest absolute Gasteiger partial charge is 0.309 e. The minimum absolute atomic E-state index is 0.0180. The molecule has 2 aliphatic rings. The number of anilines is 3. The Morgan fingerprint density at radius 1 is 1.20 bits per heavy atom. The lowest BCUT2D eigenvalue weighted by Crippen LogP contribution is -2.51. The van der Waals surface area contributed by atoms with Crippen molar-refractivity contribution < 1.29 is 18.3 Å². The van der Waals surface area contributed by atoms with Crippen LogP contribution in [0.4, 0.5) is 17.6 Å². The van der Waals surface area contributed by atoms with Crippen LogP contribution in [0.25, 0.3) is 11.0 Å². The number of carbonyl (C=O) groups is 1. The first-order valence-corrected chi connectivity index (χ1v) is 12.6. The lowest BCUT2D eigenvalue weighted by atomic mass is 9.80. The fourth-order valence-corrected chi connectivity index (χ4v) is 5.15. The van der Waals surface area contributed by atoms with Crippen LogP contribution in [0, 0.1) is 0 Å². The number of hydrazone groups is 1. The second-order valence-corrected chi connectivity index (χ2v) is 10.0. The van der Waals surface area contributed by atoms with Gasteiger partial charge >= 0.3 is 5.97 Å². The number of nitrogens with zero attached hydrogens (tertiary/aromatic N) is 6. The zero-order valence-corrected chi connectivity index (χ0v) is 20.5. The number of carbonyl (C=O) groups excluding carboxylic acids is 1. The van der Waals surface area contributed by atoms with Crippen molar-refractivity contribution in [3.05, 3.63) is 30.6 Å². The van der Waals surface area contributed by atoms with Gasteiger partial charge in [0.1, 0.15) is 22.8 Å². The molecule has 1 aliphatic carbocycles. The first-order valence-electron chi connectivity index (χ1n) is 11.6. The average Bonchev–Trinajstić information content (AvgIpc) is 3.21. The molecule has 184 valence electrons. The van der Waals surface area contributed by atoms with Crippen LogP contribution in [0.5, 0.6) is 0 Å². The summed E-state index contributed by atoms with van der Waals surface area (Å²) in [4.78, 5) is 25.5. The van der Waals surface area contributed by atoms with Crippen LogP contribution in [0.3, 0.4) is 0 Å². The molecule has 0 amide bonds. The van der Waals surface area contributed by atoms with Crippen LogP contribution in [0.2, 0.25) is 0 Å². The predicted molar refractivity (Wildman–Crippen MR) is 130 cm³/mol. The number of fused-ring (bicyclic) bond motifs is 4. The van der Waals surface area contributed by atoms with Crippen LogP contribution >= 0.6 is 0 Å². The summed E-state index contributed by atoms with van der Waals surface area (Å²) in [6, 6.07) is 5.04. The van der Waals surface area contributed by atoms with Gasteiger partial charge in [-0.3, -0.25) is 13.6 Å². The normalized spacial score (nSPS) is 17.9. The van der Waals surface area contributed by atoms with Gasteiger partial charge in [-0.1, -0.05) is 19.3 Å². The van der Waals surface area contributed by atoms with E-state index < -0.39 is 22.6 Å². The second kappa shape index (κ2) is 9.00. The van der Waals surface area contributed by atoms with Crippen LogP contribution in [-0.4, -0.2) is 46.2 Å². The summed E-state index contributed by atoms with van der Waals surface area (Å²) in [6.45, 7) is 5.45. The highest BCUT2D eigenvalue weighted by Gasteiger charge is 2.48. The van der Waals surface area contributed by atoms with Crippen molar-refractivity contribution in [1.29, 1.82) is 0 Å². The molecule has 35 heavy (non-hydrogen) atoms. The van der Waals surface area contributed by atoms with Crippen LogP contribution in [0.15, 0.2) is 40.6 Å². The number of rotatable bonds is 4. The first-order chi connectivity index (χ1) is 16.8. The maximum absolute atomic E-state index is 12.0. The summed E-state index contributed by atoms with van der Waals surface area (Å²) >= 11 is -2.35. The van der Waals surface area contributed by atoms with E-state index in [0.717, 1.165) is 43.3 Å². The number of hydrogen-bond donors (Lipinski definition) is 1. The van der Waals surface area contributed by atoms with Crippen LogP contribution in [-0.2, 0) is 26.2 Å². The molecule has 1 aliphatic heterocycles. The zero-order chi connectivity index (χ0) is 24.7. The average molecular weight is 497 g/mol. The summed E-state index contributed by atoms with van der Waals surface area (Å²) in [5, 5.41) is 10.6. The number of ether oxygens (including phenoxy) is 1. The molecule has 11 nitrogen and oxygen atoms in total. The van der Waals surface area contributed by atoms with Gasteiger partial charge in [-0.2, -0.15) is 4.98 Å². The SMILES string of the molecule is CC(=O)OC1=NN(C(C)C)c2cc3cnc(Nc4ccc(S(=O)[O-])cn4)nc3n2C12CCCCC2. The molecule has 1 N–H and O–H groups in total. The molecular weight excluding hydrogens is 470 g/mol. The lowest BCUT2D eigenvalue weighted by Gasteiger charge is -2.44. The number of hydrogen-bond acceptors (Lipinski definition) is 10. The Morgan fingerprint density at radius 2 is 1.97 bits per heavy atom. The highest BCUT2D eigenvalue weighted by molar-refractivity contribution is 7.79. The number of pyridine rings is 1. The third kappa shape index (κ3) is 4.16. The van der Waals surface area contributed by atoms with Crippen molar-refractivity contribution in [1.82, 2.24) is 19.5 Å². The van der Waals surface area contributed by atoms with Gasteiger partial charge < -0.3 is 14.6 Å². The van der Waals surface area contributed by atoms with Crippen molar-refractivity contribution >= 4 is 51.6 Å². The molecule has 1 spiro atoms. The fraction of sp³-hybridized carbons (Fsp3) is 0.435. The molecule has 3 aromatic rings. The molecule has 0 bridgehead atoms. The van der Waals surface area contributed by atoms with E-state index in [0.29, 0.717) is 23.3 Å². The van der Waals surface area contributed by atoms with Gasteiger partial charge in [-0.05, 0) is 56.0 Å².